The van der Waals surface area contributed by atoms with Crippen molar-refractivity contribution in [3.05, 3.63) is 11.6 Å². The first kappa shape index (κ1) is 29.1. The van der Waals surface area contributed by atoms with E-state index in [1.807, 2.05) is 0 Å². The van der Waals surface area contributed by atoms with Crippen molar-refractivity contribution in [3.8, 4) is 0 Å². The Hall–Kier alpha value is -1.36. The van der Waals surface area contributed by atoms with Crippen LogP contribution in [-0.2, 0) is 23.8 Å². The number of hydrogen-bond acceptors (Lipinski definition) is 9. The summed E-state index contributed by atoms with van der Waals surface area (Å²) in [5.74, 6) is 1.06. The second-order valence-electron chi connectivity index (χ2n) is 13.4. The third-order valence-corrected chi connectivity index (χ3v) is 11.5. The van der Waals surface area contributed by atoms with Crippen LogP contribution in [-0.4, -0.2) is 81.2 Å². The summed E-state index contributed by atoms with van der Waals surface area (Å²) in [5.41, 5.74) is -0.0798. The van der Waals surface area contributed by atoms with Gasteiger partial charge in [0.25, 0.3) is 0 Å². The number of ketones is 1. The van der Waals surface area contributed by atoms with Gasteiger partial charge >= 0.3 is 5.97 Å². The first-order valence-electron chi connectivity index (χ1n) is 14.7. The smallest absolute Gasteiger partial charge is 0.303 e. The van der Waals surface area contributed by atoms with E-state index in [9.17, 15) is 30.0 Å². The molecule has 0 aromatic rings. The lowest BCUT2D eigenvalue weighted by molar-refractivity contribution is -0.308. The first-order chi connectivity index (χ1) is 18.3. The van der Waals surface area contributed by atoms with E-state index in [0.717, 1.165) is 38.5 Å². The number of fused-ring (bicyclic) bond motifs is 5. The second-order valence-corrected chi connectivity index (χ2v) is 13.4. The van der Waals surface area contributed by atoms with Gasteiger partial charge in [-0.2, -0.15) is 0 Å². The zero-order chi connectivity index (χ0) is 28.5. The lowest BCUT2D eigenvalue weighted by atomic mass is 9.44. The van der Waals surface area contributed by atoms with E-state index in [-0.39, 0.29) is 28.7 Å². The molecule has 0 spiro atoms. The molecule has 0 amide bonds. The average molecular weight is 551 g/mol. The highest BCUT2D eigenvalue weighted by molar-refractivity contribution is 5.89. The highest BCUT2D eigenvalue weighted by Crippen LogP contribution is 2.69. The van der Waals surface area contributed by atoms with Crippen molar-refractivity contribution in [2.45, 2.75) is 122 Å². The van der Waals surface area contributed by atoms with Crippen molar-refractivity contribution in [2.24, 2.45) is 34.5 Å². The molecule has 9 heteroatoms. The molecule has 1 aliphatic heterocycles. The van der Waals surface area contributed by atoms with Gasteiger partial charge in [0.1, 0.15) is 24.4 Å². The molecule has 4 fully saturated rings. The molecule has 220 valence electrons. The van der Waals surface area contributed by atoms with Crippen LogP contribution in [0.5, 0.6) is 0 Å². The zero-order valence-corrected chi connectivity index (χ0v) is 23.8. The summed E-state index contributed by atoms with van der Waals surface area (Å²) in [7, 11) is 0. The van der Waals surface area contributed by atoms with Gasteiger partial charge in [0.05, 0.1) is 12.7 Å². The van der Waals surface area contributed by atoms with Crippen molar-refractivity contribution in [2.75, 3.05) is 6.61 Å². The Morgan fingerprint density at radius 3 is 2.33 bits per heavy atom. The van der Waals surface area contributed by atoms with Crippen molar-refractivity contribution in [3.63, 3.8) is 0 Å². The molecule has 0 aromatic heterocycles. The molecular formula is C30H46O9. The lowest BCUT2D eigenvalue weighted by Crippen LogP contribution is -2.60. The minimum Gasteiger partial charge on any atom is -0.451 e. The maximum absolute atomic E-state index is 13.0. The summed E-state index contributed by atoms with van der Waals surface area (Å²) < 4.78 is 17.6. The predicted octanol–water partition coefficient (Wildman–Crippen LogP) is 2.27. The van der Waals surface area contributed by atoms with Gasteiger partial charge in [0, 0.05) is 12.3 Å². The van der Waals surface area contributed by atoms with Crippen LogP contribution in [0.1, 0.15) is 79.6 Å². The molecule has 4 aliphatic carbocycles. The molecule has 1 heterocycles. The number of aliphatic hydroxyl groups excluding tert-OH is 4. The summed E-state index contributed by atoms with van der Waals surface area (Å²) in [6, 6.07) is 0. The first-order valence-corrected chi connectivity index (χ1v) is 14.7. The topological polar surface area (TPSA) is 143 Å². The quantitative estimate of drug-likeness (QED) is 0.299. The second kappa shape index (κ2) is 10.2. The Balaban J connectivity index is 1.37. The number of aliphatic hydroxyl groups is 4. The maximum Gasteiger partial charge on any atom is 0.303 e. The molecule has 0 bridgehead atoms. The monoisotopic (exact) mass is 550 g/mol. The van der Waals surface area contributed by atoms with Crippen LogP contribution in [0.3, 0.4) is 0 Å². The van der Waals surface area contributed by atoms with Crippen molar-refractivity contribution in [1.29, 1.82) is 0 Å². The molecule has 0 aromatic carbocycles. The fourth-order valence-corrected chi connectivity index (χ4v) is 9.65. The molecule has 3 saturated carbocycles. The van der Waals surface area contributed by atoms with Crippen molar-refractivity contribution >= 4 is 11.8 Å². The molecule has 5 aliphatic rings. The molecule has 13 unspecified atom stereocenters. The fraction of sp³-hybridized carbons (Fsp3) is 0.867. The Morgan fingerprint density at radius 2 is 1.69 bits per heavy atom. The molecule has 5 rings (SSSR count). The summed E-state index contributed by atoms with van der Waals surface area (Å²) in [4.78, 5) is 25.1. The summed E-state index contributed by atoms with van der Waals surface area (Å²) in [5, 5.41) is 40.3. The van der Waals surface area contributed by atoms with Crippen LogP contribution in [0.25, 0.3) is 0 Å². The van der Waals surface area contributed by atoms with Crippen LogP contribution in [0.2, 0.25) is 0 Å². The van der Waals surface area contributed by atoms with Crippen molar-refractivity contribution in [1.82, 2.24) is 0 Å². The number of carbonyl (C=O) groups excluding carboxylic acids is 2. The van der Waals surface area contributed by atoms with Gasteiger partial charge in [0.2, 0.25) is 0 Å². The highest BCUT2D eigenvalue weighted by atomic mass is 16.7. The Bertz CT molecular complexity index is 1010. The number of hydrogen-bond donors (Lipinski definition) is 4. The fourth-order valence-electron chi connectivity index (χ4n) is 9.65. The predicted molar refractivity (Wildman–Crippen MR) is 140 cm³/mol. The molecule has 1 saturated heterocycles. The van der Waals surface area contributed by atoms with Crippen LogP contribution in [0.15, 0.2) is 11.6 Å². The third-order valence-electron chi connectivity index (χ3n) is 11.5. The number of ether oxygens (including phenoxy) is 3. The van der Waals surface area contributed by atoms with E-state index in [4.69, 9.17) is 14.2 Å². The number of carbonyl (C=O) groups is 2. The molecule has 4 N–H and O–H groups in total. The number of allylic oxidation sites excluding steroid dienone is 1. The molecular weight excluding hydrogens is 504 g/mol. The minimum atomic E-state index is -1.46. The van der Waals surface area contributed by atoms with Gasteiger partial charge < -0.3 is 34.6 Å². The van der Waals surface area contributed by atoms with Gasteiger partial charge in [-0.1, -0.05) is 32.4 Å². The third kappa shape index (κ3) is 4.34. The van der Waals surface area contributed by atoms with Crippen LogP contribution >= 0.6 is 0 Å². The SMILES string of the molecule is CC(=O)OC1(C(C)=O)CCC2C3CC(C)C4=CC(OC5OC(CO)C(O)C(O)C5O)CCC4(C)C3CCC21C. The van der Waals surface area contributed by atoms with E-state index in [0.29, 0.717) is 30.1 Å². The van der Waals surface area contributed by atoms with Gasteiger partial charge in [-0.05, 0) is 81.0 Å². The van der Waals surface area contributed by atoms with Gasteiger partial charge in [-0.3, -0.25) is 9.59 Å². The number of Topliss-reactive ketones (excluding diaryl/α,β-unsaturated/α-hetero) is 1. The minimum absolute atomic E-state index is 0.0260. The number of esters is 1. The largest absolute Gasteiger partial charge is 0.451 e. The maximum atomic E-state index is 13.0. The molecule has 39 heavy (non-hydrogen) atoms. The normalized spacial score (nSPS) is 51.3. The molecule has 0 radical (unpaired) electrons. The Labute approximate surface area is 230 Å². The summed E-state index contributed by atoms with van der Waals surface area (Å²) >= 11 is 0. The van der Waals surface area contributed by atoms with Crippen LogP contribution in [0.4, 0.5) is 0 Å². The van der Waals surface area contributed by atoms with E-state index in [1.165, 1.54) is 12.5 Å². The van der Waals surface area contributed by atoms with Crippen molar-refractivity contribution < 1.29 is 44.2 Å². The highest BCUT2D eigenvalue weighted by Gasteiger charge is 2.68. The lowest BCUT2D eigenvalue weighted by Gasteiger charge is -2.61. The number of rotatable bonds is 5. The Kier molecular flexibility index (Phi) is 7.60. The van der Waals surface area contributed by atoms with Crippen LogP contribution < -0.4 is 0 Å². The van der Waals surface area contributed by atoms with Crippen LogP contribution in [0, 0.1) is 34.5 Å². The molecule has 9 nitrogen and oxygen atoms in total. The van der Waals surface area contributed by atoms with E-state index < -0.39 is 42.9 Å². The van der Waals surface area contributed by atoms with Gasteiger partial charge in [-0.25, -0.2) is 0 Å². The zero-order valence-electron chi connectivity index (χ0n) is 23.8. The van der Waals surface area contributed by atoms with Gasteiger partial charge in [-0.15, -0.1) is 0 Å². The van der Waals surface area contributed by atoms with E-state index in [2.05, 4.69) is 26.8 Å². The molecule has 13 atom stereocenters. The average Bonchev–Trinajstić information content (AvgIpc) is 3.18. The summed E-state index contributed by atoms with van der Waals surface area (Å²) in [6.45, 7) is 9.27. The van der Waals surface area contributed by atoms with E-state index in [1.54, 1.807) is 6.92 Å². The standard InChI is InChI=1S/C30H46O9/c1-15-12-19-20(7-10-29(5)21(19)8-11-30(29,16(2)32)39-17(3)33)28(4)9-6-18(13-22(15)28)37-27-26(36)25(35)24(34)23(14-31)38-27/h13,15,18-21,23-27,31,34-36H,6-12,14H2,1-5H3. The van der Waals surface area contributed by atoms with Gasteiger partial charge in [0.15, 0.2) is 17.7 Å². The summed E-state index contributed by atoms with van der Waals surface area (Å²) in [6.07, 6.45) is 1.31. The van der Waals surface area contributed by atoms with E-state index >= 15 is 0 Å². The Morgan fingerprint density at radius 1 is 1.00 bits per heavy atom.